The molecule has 0 spiro atoms. The number of benzene rings is 2. The van der Waals surface area contributed by atoms with Crippen LogP contribution in [-0.2, 0) is 6.61 Å². The van der Waals surface area contributed by atoms with Crippen LogP contribution < -0.4 is 15.5 Å². The number of rotatable bonds is 7. The summed E-state index contributed by atoms with van der Waals surface area (Å²) in [5.74, 6) is 0.413. The summed E-state index contributed by atoms with van der Waals surface area (Å²) in [5.41, 5.74) is 4.41. The highest BCUT2D eigenvalue weighted by atomic mass is 32.1. The molecule has 2 aromatic rings. The number of hydrogen-bond acceptors (Lipinski definition) is 3. The second-order valence-corrected chi connectivity index (χ2v) is 5.23. The predicted molar refractivity (Wildman–Crippen MR) is 98.7 cm³/mol. The molecule has 6 heteroatoms. The second kappa shape index (κ2) is 9.42. The Kier molecular flexibility index (Phi) is 6.91. The summed E-state index contributed by atoms with van der Waals surface area (Å²) in [5, 5.41) is 7.40. The number of thiocarbonyl (C=S) groups is 1. The van der Waals surface area contributed by atoms with Crippen molar-refractivity contribution >= 4 is 23.5 Å². The van der Waals surface area contributed by atoms with E-state index < -0.39 is 0 Å². The van der Waals surface area contributed by atoms with Crippen LogP contribution in [0.1, 0.15) is 11.1 Å². The molecule has 2 N–H and O–H groups in total. The fourth-order valence-electron chi connectivity index (χ4n) is 1.83. The first kappa shape index (κ1) is 17.6. The van der Waals surface area contributed by atoms with Crippen LogP contribution in [0.3, 0.4) is 0 Å². The third kappa shape index (κ3) is 5.81. The standard InChI is InChI=1S/C18H18FN3OS/c1-2-11-20-18(24)22-21-12-15-5-3-4-6-17(15)23-13-14-7-9-16(19)10-8-14/h2-10,12H,1,11,13H2,(H2,20,22,24). The van der Waals surface area contributed by atoms with Crippen molar-refractivity contribution in [3.63, 3.8) is 0 Å². The van der Waals surface area contributed by atoms with Gasteiger partial charge in [-0.25, -0.2) is 4.39 Å². The quantitative estimate of drug-likeness (QED) is 0.350. The van der Waals surface area contributed by atoms with E-state index in [1.165, 1.54) is 12.1 Å². The van der Waals surface area contributed by atoms with Gasteiger partial charge in [0, 0.05) is 12.1 Å². The molecular weight excluding hydrogens is 325 g/mol. The average molecular weight is 343 g/mol. The Labute approximate surface area is 146 Å². The van der Waals surface area contributed by atoms with E-state index in [-0.39, 0.29) is 5.82 Å². The molecule has 24 heavy (non-hydrogen) atoms. The molecule has 0 aliphatic rings. The highest BCUT2D eigenvalue weighted by molar-refractivity contribution is 7.80. The van der Waals surface area contributed by atoms with Crippen LogP contribution in [0.15, 0.2) is 66.3 Å². The molecule has 0 saturated carbocycles. The highest BCUT2D eigenvalue weighted by Gasteiger charge is 2.02. The zero-order chi connectivity index (χ0) is 17.2. The third-order valence-corrected chi connectivity index (χ3v) is 3.24. The number of nitrogens with one attached hydrogen (secondary N) is 2. The number of hydrogen-bond donors (Lipinski definition) is 2. The van der Waals surface area contributed by atoms with Crippen LogP contribution in [0.25, 0.3) is 0 Å². The van der Waals surface area contributed by atoms with Crippen molar-refractivity contribution in [2.75, 3.05) is 6.54 Å². The number of halogens is 1. The van der Waals surface area contributed by atoms with Crippen LogP contribution in [0.4, 0.5) is 4.39 Å². The molecule has 0 aliphatic heterocycles. The van der Waals surface area contributed by atoms with Gasteiger partial charge in [-0.3, -0.25) is 5.43 Å². The van der Waals surface area contributed by atoms with Crippen LogP contribution in [0.2, 0.25) is 0 Å². The molecule has 0 fully saturated rings. The van der Waals surface area contributed by atoms with E-state index in [1.54, 1.807) is 24.4 Å². The van der Waals surface area contributed by atoms with Gasteiger partial charge >= 0.3 is 0 Å². The molecular formula is C18H18FN3OS. The van der Waals surface area contributed by atoms with E-state index in [0.717, 1.165) is 11.1 Å². The van der Waals surface area contributed by atoms with Crippen molar-refractivity contribution in [3.05, 3.63) is 78.1 Å². The Hall–Kier alpha value is -2.73. The first-order chi connectivity index (χ1) is 11.7. The first-order valence-electron chi connectivity index (χ1n) is 7.33. The van der Waals surface area contributed by atoms with Crippen molar-refractivity contribution < 1.29 is 9.13 Å². The Bertz CT molecular complexity index is 716. The molecule has 0 atom stereocenters. The number of ether oxygens (including phenoxy) is 1. The van der Waals surface area contributed by atoms with Gasteiger partial charge in [0.1, 0.15) is 18.2 Å². The SMILES string of the molecule is C=CCNC(=S)NN=Cc1ccccc1OCc1ccc(F)cc1. The lowest BCUT2D eigenvalue weighted by molar-refractivity contribution is 0.305. The Balaban J connectivity index is 1.95. The van der Waals surface area contributed by atoms with Crippen molar-refractivity contribution in [3.8, 4) is 5.75 Å². The molecule has 0 aromatic heterocycles. The summed E-state index contributed by atoms with van der Waals surface area (Å²) in [6, 6.07) is 13.7. The molecule has 0 unspecified atom stereocenters. The summed E-state index contributed by atoms with van der Waals surface area (Å²) in [4.78, 5) is 0. The zero-order valence-electron chi connectivity index (χ0n) is 13.0. The molecule has 2 aromatic carbocycles. The van der Waals surface area contributed by atoms with Gasteiger partial charge in [-0.05, 0) is 42.0 Å². The zero-order valence-corrected chi connectivity index (χ0v) is 13.9. The highest BCUT2D eigenvalue weighted by Crippen LogP contribution is 2.17. The lowest BCUT2D eigenvalue weighted by Crippen LogP contribution is -2.31. The number of hydrazone groups is 1. The fraction of sp³-hybridized carbons (Fsp3) is 0.111. The van der Waals surface area contributed by atoms with Crippen LogP contribution in [0, 0.1) is 5.82 Å². The van der Waals surface area contributed by atoms with Gasteiger partial charge in [0.2, 0.25) is 0 Å². The van der Waals surface area contributed by atoms with E-state index in [1.807, 2.05) is 24.3 Å². The summed E-state index contributed by atoms with van der Waals surface area (Å²) in [6.45, 7) is 4.51. The summed E-state index contributed by atoms with van der Waals surface area (Å²) >= 11 is 5.05. The second-order valence-electron chi connectivity index (χ2n) is 4.82. The van der Waals surface area contributed by atoms with Crippen molar-refractivity contribution in [1.29, 1.82) is 0 Å². The molecule has 0 saturated heterocycles. The lowest BCUT2D eigenvalue weighted by Gasteiger charge is -2.09. The van der Waals surface area contributed by atoms with E-state index in [2.05, 4.69) is 22.4 Å². The molecule has 0 bridgehead atoms. The number of para-hydroxylation sites is 1. The minimum atomic E-state index is -0.265. The average Bonchev–Trinajstić information content (AvgIpc) is 2.60. The predicted octanol–water partition coefficient (Wildman–Crippen LogP) is 3.39. The van der Waals surface area contributed by atoms with Crippen LogP contribution in [0.5, 0.6) is 5.75 Å². The summed E-state index contributed by atoms with van der Waals surface area (Å²) in [6.07, 6.45) is 3.33. The van der Waals surface area contributed by atoms with Gasteiger partial charge in [0.05, 0.1) is 6.21 Å². The Morgan fingerprint density at radius 3 is 2.71 bits per heavy atom. The monoisotopic (exact) mass is 343 g/mol. The molecule has 4 nitrogen and oxygen atoms in total. The maximum Gasteiger partial charge on any atom is 0.187 e. The Morgan fingerprint density at radius 2 is 1.96 bits per heavy atom. The molecule has 0 radical (unpaired) electrons. The number of nitrogens with zero attached hydrogens (tertiary/aromatic N) is 1. The molecule has 124 valence electrons. The van der Waals surface area contributed by atoms with Crippen LogP contribution in [-0.4, -0.2) is 17.9 Å². The largest absolute Gasteiger partial charge is 0.488 e. The Morgan fingerprint density at radius 1 is 1.21 bits per heavy atom. The summed E-state index contributed by atoms with van der Waals surface area (Å²) in [7, 11) is 0. The minimum Gasteiger partial charge on any atom is -0.488 e. The van der Waals surface area contributed by atoms with Gasteiger partial charge in [0.25, 0.3) is 0 Å². The smallest absolute Gasteiger partial charge is 0.187 e. The van der Waals surface area contributed by atoms with Gasteiger partial charge in [-0.1, -0.05) is 30.3 Å². The van der Waals surface area contributed by atoms with Gasteiger partial charge < -0.3 is 10.1 Å². The van der Waals surface area contributed by atoms with Crippen molar-refractivity contribution in [2.24, 2.45) is 5.10 Å². The third-order valence-electron chi connectivity index (χ3n) is 3.00. The minimum absolute atomic E-state index is 0.265. The van der Waals surface area contributed by atoms with E-state index in [0.29, 0.717) is 24.0 Å². The molecule has 0 heterocycles. The lowest BCUT2D eigenvalue weighted by atomic mass is 10.2. The molecule has 0 amide bonds. The van der Waals surface area contributed by atoms with Crippen LogP contribution >= 0.6 is 12.2 Å². The van der Waals surface area contributed by atoms with Gasteiger partial charge in [-0.15, -0.1) is 6.58 Å². The van der Waals surface area contributed by atoms with E-state index >= 15 is 0 Å². The molecule has 0 aliphatic carbocycles. The molecule has 2 rings (SSSR count). The van der Waals surface area contributed by atoms with Crippen molar-refractivity contribution in [1.82, 2.24) is 10.7 Å². The topological polar surface area (TPSA) is 45.7 Å². The normalized spacial score (nSPS) is 10.4. The maximum absolute atomic E-state index is 12.9. The van der Waals surface area contributed by atoms with E-state index in [9.17, 15) is 4.39 Å². The van der Waals surface area contributed by atoms with Crippen molar-refractivity contribution in [2.45, 2.75) is 6.61 Å². The van der Waals surface area contributed by atoms with Gasteiger partial charge in [-0.2, -0.15) is 5.10 Å². The van der Waals surface area contributed by atoms with E-state index in [4.69, 9.17) is 17.0 Å². The summed E-state index contributed by atoms with van der Waals surface area (Å²) < 4.78 is 18.7. The fourth-order valence-corrected chi connectivity index (χ4v) is 1.96. The maximum atomic E-state index is 12.9. The van der Waals surface area contributed by atoms with Gasteiger partial charge in [0.15, 0.2) is 5.11 Å². The first-order valence-corrected chi connectivity index (χ1v) is 7.74.